The summed E-state index contributed by atoms with van der Waals surface area (Å²) in [4.78, 5) is 27.1. The maximum atomic E-state index is 13.8. The fraction of sp³-hybridized carbons (Fsp3) is 0. The molecule has 0 unspecified atom stereocenters. The van der Waals surface area contributed by atoms with Gasteiger partial charge in [0.2, 0.25) is 0 Å². The molecule has 0 amide bonds. The van der Waals surface area contributed by atoms with E-state index in [4.69, 9.17) is 4.42 Å². The summed E-state index contributed by atoms with van der Waals surface area (Å²) in [6.45, 7) is 0. The van der Waals surface area contributed by atoms with Crippen molar-refractivity contribution in [3.63, 3.8) is 0 Å². The van der Waals surface area contributed by atoms with Gasteiger partial charge in [-0.1, -0.05) is 12.1 Å². The van der Waals surface area contributed by atoms with Gasteiger partial charge < -0.3 is 0 Å². The Kier molecular flexibility index (Phi) is 4.34. The van der Waals surface area contributed by atoms with Crippen LogP contribution in [0.25, 0.3) is 67.0 Å². The first-order chi connectivity index (χ1) is 18.2. The molecule has 3 heterocycles. The molecule has 0 fully saturated rings. The van der Waals surface area contributed by atoms with Gasteiger partial charge in [0.25, 0.3) is 0 Å². The van der Waals surface area contributed by atoms with Crippen LogP contribution in [-0.2, 0) is 0 Å². The molecule has 0 N–H and O–H groups in total. The van der Waals surface area contributed by atoms with E-state index in [1.807, 2.05) is 72.8 Å². The molecule has 0 atom stereocenters. The summed E-state index contributed by atoms with van der Waals surface area (Å²) in [6, 6.07) is 33.9. The van der Waals surface area contributed by atoms with E-state index in [1.165, 1.54) is 0 Å². The van der Waals surface area contributed by atoms with Gasteiger partial charge in [-0.3, -0.25) is 0 Å². The van der Waals surface area contributed by atoms with Crippen molar-refractivity contribution in [3.8, 4) is 5.69 Å². The molecule has 0 saturated heterocycles. The minimum absolute atomic E-state index is 0.0117. The Hall–Kier alpha value is -4.17. The number of hydrogen-bond donors (Lipinski definition) is 0. The molecular formula is C32H17NO3Te. The third-order valence-electron chi connectivity index (χ3n) is 7.19. The van der Waals surface area contributed by atoms with Gasteiger partial charge in [-0.25, -0.2) is 0 Å². The van der Waals surface area contributed by atoms with Crippen molar-refractivity contribution < 1.29 is 4.42 Å². The van der Waals surface area contributed by atoms with Gasteiger partial charge in [0.05, 0.1) is 0 Å². The van der Waals surface area contributed by atoms with Crippen molar-refractivity contribution in [2.75, 3.05) is 0 Å². The first-order valence-corrected chi connectivity index (χ1v) is 14.4. The number of rotatable bonds is 1. The summed E-state index contributed by atoms with van der Waals surface area (Å²) in [5, 5.41) is 4.68. The van der Waals surface area contributed by atoms with Crippen LogP contribution in [0.1, 0.15) is 0 Å². The molecule has 5 aromatic carbocycles. The number of benzene rings is 5. The summed E-state index contributed by atoms with van der Waals surface area (Å²) in [5.74, 6) is 0. The van der Waals surface area contributed by atoms with E-state index in [0.717, 1.165) is 39.7 Å². The van der Waals surface area contributed by atoms with E-state index in [9.17, 15) is 9.59 Å². The average molecular weight is 591 g/mol. The van der Waals surface area contributed by atoms with Gasteiger partial charge in [-0.2, -0.15) is 0 Å². The number of aromatic nitrogens is 1. The monoisotopic (exact) mass is 593 g/mol. The number of fused-ring (bicyclic) bond motifs is 7. The van der Waals surface area contributed by atoms with E-state index >= 15 is 0 Å². The minimum atomic E-state index is -0.746. The third-order valence-corrected chi connectivity index (χ3v) is 10.4. The van der Waals surface area contributed by atoms with Crippen LogP contribution in [0.3, 0.4) is 0 Å². The van der Waals surface area contributed by atoms with Crippen LogP contribution in [0.5, 0.6) is 0 Å². The molecule has 0 saturated carbocycles. The van der Waals surface area contributed by atoms with Gasteiger partial charge in [0.15, 0.2) is 0 Å². The van der Waals surface area contributed by atoms with E-state index in [-0.39, 0.29) is 10.9 Å². The molecule has 5 heteroatoms. The van der Waals surface area contributed by atoms with Gasteiger partial charge in [0.1, 0.15) is 0 Å². The quantitative estimate of drug-likeness (QED) is 0.157. The first-order valence-electron chi connectivity index (χ1n) is 12.0. The van der Waals surface area contributed by atoms with E-state index < -0.39 is 20.4 Å². The Labute approximate surface area is 219 Å². The summed E-state index contributed by atoms with van der Waals surface area (Å²) >= 11 is -0.746. The molecule has 3 aromatic heterocycles. The Bertz CT molecular complexity index is 2300. The van der Waals surface area contributed by atoms with Crippen LogP contribution in [0, 0.1) is 0 Å². The molecule has 0 radical (unpaired) electrons. The molecule has 8 rings (SSSR count). The van der Waals surface area contributed by atoms with Gasteiger partial charge in [0, 0.05) is 0 Å². The SMILES string of the molecule is O=c1c2cc(-n3c4ccccc4c4ccccc43)ccc2oc2cc3[te]c4ccccc4c(=O)c3cc12. The zero-order valence-corrected chi connectivity index (χ0v) is 21.7. The number of nitrogens with zero attached hydrogens (tertiary/aromatic N) is 1. The van der Waals surface area contributed by atoms with Crippen LogP contribution >= 0.6 is 0 Å². The second-order valence-electron chi connectivity index (χ2n) is 9.25. The molecule has 174 valence electrons. The molecule has 0 spiro atoms. The molecular weight excluding hydrogens is 574 g/mol. The Balaban J connectivity index is 1.45. The Morgan fingerprint density at radius 3 is 1.89 bits per heavy atom. The molecule has 0 aliphatic heterocycles. The second-order valence-corrected chi connectivity index (χ2v) is 12.3. The fourth-order valence-corrected chi connectivity index (χ4v) is 8.57. The first kappa shape index (κ1) is 21.0. The molecule has 0 aliphatic rings. The molecule has 37 heavy (non-hydrogen) atoms. The fourth-order valence-electron chi connectivity index (χ4n) is 5.48. The summed E-state index contributed by atoms with van der Waals surface area (Å²) in [5.41, 5.74) is 4.01. The third kappa shape index (κ3) is 2.96. The average Bonchev–Trinajstić information content (AvgIpc) is 3.27. The summed E-state index contributed by atoms with van der Waals surface area (Å²) < 4.78 is 10.6. The predicted molar refractivity (Wildman–Crippen MR) is 153 cm³/mol. The second kappa shape index (κ2) is 7.66. The molecule has 0 bridgehead atoms. The van der Waals surface area contributed by atoms with E-state index in [0.29, 0.717) is 27.3 Å². The Morgan fingerprint density at radius 2 is 1.14 bits per heavy atom. The number of hydrogen-bond acceptors (Lipinski definition) is 3. The van der Waals surface area contributed by atoms with Crippen LogP contribution < -0.4 is 10.9 Å². The van der Waals surface area contributed by atoms with Gasteiger partial charge in [-0.05, 0) is 0 Å². The van der Waals surface area contributed by atoms with Crippen molar-refractivity contribution in [2.45, 2.75) is 0 Å². The summed E-state index contributed by atoms with van der Waals surface area (Å²) in [7, 11) is 0. The molecule has 0 aliphatic carbocycles. The van der Waals surface area contributed by atoms with Crippen molar-refractivity contribution in [1.82, 2.24) is 4.57 Å². The summed E-state index contributed by atoms with van der Waals surface area (Å²) in [6.07, 6.45) is 0. The van der Waals surface area contributed by atoms with Gasteiger partial charge in [-0.15, -0.1) is 0 Å². The molecule has 4 nitrogen and oxygen atoms in total. The normalized spacial score (nSPS) is 12.0. The maximum absolute atomic E-state index is 13.8. The van der Waals surface area contributed by atoms with Crippen molar-refractivity contribution >= 4 is 81.8 Å². The van der Waals surface area contributed by atoms with Crippen LogP contribution in [0.4, 0.5) is 0 Å². The number of para-hydroxylation sites is 2. The topological polar surface area (TPSA) is 52.2 Å². The zero-order chi connectivity index (χ0) is 24.7. The molecule has 8 aromatic rings. The Morgan fingerprint density at radius 1 is 0.514 bits per heavy atom. The zero-order valence-electron chi connectivity index (χ0n) is 19.4. The standard InChI is InChI=1S/C32H17NO3Te/c34-31-21-9-3-6-12-29(21)37-30-17-28-23(16-24(30)31)32(35)22-15-18(13-14-27(22)36-28)33-25-10-4-1-7-19(25)20-8-2-5-11-26(20)33/h1-17H. The van der Waals surface area contributed by atoms with E-state index in [1.54, 1.807) is 6.07 Å². The van der Waals surface area contributed by atoms with Crippen LogP contribution in [0.15, 0.2) is 117 Å². The van der Waals surface area contributed by atoms with E-state index in [2.05, 4.69) is 28.8 Å². The van der Waals surface area contributed by atoms with Crippen molar-refractivity contribution in [1.29, 1.82) is 0 Å². The van der Waals surface area contributed by atoms with Crippen molar-refractivity contribution in [3.05, 3.63) is 124 Å². The van der Waals surface area contributed by atoms with Crippen LogP contribution in [0.2, 0.25) is 0 Å². The van der Waals surface area contributed by atoms with Crippen molar-refractivity contribution in [2.24, 2.45) is 0 Å². The van der Waals surface area contributed by atoms with Crippen LogP contribution in [-0.4, -0.2) is 25.0 Å². The predicted octanol–water partition coefficient (Wildman–Crippen LogP) is 6.77. The van der Waals surface area contributed by atoms with Gasteiger partial charge >= 0.3 is 208 Å².